The Bertz CT molecular complexity index is 325. The zero-order valence-corrected chi connectivity index (χ0v) is 18.9. The molecule has 0 saturated carbocycles. The number of aliphatic imine (C=N–C) groups is 1. The predicted octanol–water partition coefficient (Wildman–Crippen LogP) is 2.00. The van der Waals surface area contributed by atoms with Crippen LogP contribution in [0.1, 0.15) is 39.0 Å². The number of methoxy groups -OCH3 is 1. The number of guanidine groups is 1. The van der Waals surface area contributed by atoms with Crippen LogP contribution in [0, 0.1) is 0 Å². The van der Waals surface area contributed by atoms with Crippen LogP contribution in [0.2, 0.25) is 0 Å². The molecule has 0 aliphatic carbocycles. The predicted molar refractivity (Wildman–Crippen MR) is 118 cm³/mol. The highest BCUT2D eigenvalue weighted by molar-refractivity contribution is 14.0. The molecule has 0 aromatic heterocycles. The number of likely N-dealkylation sites (N-methyl/N-ethyl adjacent to an activating group) is 1. The maximum Gasteiger partial charge on any atom is 0.191 e. The van der Waals surface area contributed by atoms with E-state index in [2.05, 4.69) is 39.4 Å². The third kappa shape index (κ3) is 13.7. The van der Waals surface area contributed by atoms with Gasteiger partial charge in [0.05, 0.1) is 0 Å². The first-order chi connectivity index (χ1) is 11.8. The van der Waals surface area contributed by atoms with Crippen LogP contribution in [-0.2, 0) is 4.74 Å². The first-order valence-corrected chi connectivity index (χ1v) is 9.68. The molecular weight excluding hydrogens is 429 g/mol. The molecule has 0 aromatic carbocycles. The summed E-state index contributed by atoms with van der Waals surface area (Å²) >= 11 is 0. The Labute approximate surface area is 172 Å². The number of rotatable bonds is 13. The molecule has 0 atom stereocenters. The Hall–Kier alpha value is -0.120. The molecule has 0 unspecified atom stereocenters. The van der Waals surface area contributed by atoms with Crippen LogP contribution >= 0.6 is 24.0 Å². The van der Waals surface area contributed by atoms with Crippen molar-refractivity contribution in [1.82, 2.24) is 20.4 Å². The molecule has 1 heterocycles. The third-order valence-corrected chi connectivity index (χ3v) is 4.37. The molecule has 150 valence electrons. The molecule has 1 aliphatic heterocycles. The first-order valence-electron chi connectivity index (χ1n) is 9.68. The summed E-state index contributed by atoms with van der Waals surface area (Å²) < 4.78 is 5.09. The minimum absolute atomic E-state index is 0. The average molecular weight is 469 g/mol. The summed E-state index contributed by atoms with van der Waals surface area (Å²) in [6.07, 6.45) is 6.27. The van der Waals surface area contributed by atoms with Gasteiger partial charge in [-0.05, 0) is 65.7 Å². The molecule has 1 aliphatic rings. The Morgan fingerprint density at radius 2 is 1.88 bits per heavy atom. The summed E-state index contributed by atoms with van der Waals surface area (Å²) in [7, 11) is 3.91. The van der Waals surface area contributed by atoms with Crippen LogP contribution < -0.4 is 10.6 Å². The van der Waals surface area contributed by atoms with Gasteiger partial charge in [0.25, 0.3) is 0 Å². The fraction of sp³-hybridized carbons (Fsp3) is 0.944. The Balaban J connectivity index is 0.00000576. The second-order valence-corrected chi connectivity index (χ2v) is 6.59. The van der Waals surface area contributed by atoms with Crippen molar-refractivity contribution in [3.05, 3.63) is 0 Å². The maximum absolute atomic E-state index is 5.09. The number of hydrogen-bond acceptors (Lipinski definition) is 4. The monoisotopic (exact) mass is 469 g/mol. The van der Waals surface area contributed by atoms with Gasteiger partial charge >= 0.3 is 0 Å². The van der Waals surface area contributed by atoms with Crippen molar-refractivity contribution in [2.75, 3.05) is 73.1 Å². The van der Waals surface area contributed by atoms with E-state index in [1.54, 1.807) is 7.11 Å². The minimum Gasteiger partial charge on any atom is -0.385 e. The van der Waals surface area contributed by atoms with Crippen molar-refractivity contribution < 1.29 is 4.74 Å². The van der Waals surface area contributed by atoms with Crippen molar-refractivity contribution in [3.8, 4) is 0 Å². The summed E-state index contributed by atoms with van der Waals surface area (Å²) in [5, 5.41) is 6.76. The van der Waals surface area contributed by atoms with Crippen molar-refractivity contribution in [1.29, 1.82) is 0 Å². The molecule has 7 heteroatoms. The number of ether oxygens (including phenoxy) is 1. The van der Waals surface area contributed by atoms with Gasteiger partial charge in [0.15, 0.2) is 5.96 Å². The SMILES string of the molecule is CCNC(=NCCCCN1CCCC1)NCCN(C)CCCOC.I. The summed E-state index contributed by atoms with van der Waals surface area (Å²) in [6, 6.07) is 0. The molecule has 1 rings (SSSR count). The smallest absolute Gasteiger partial charge is 0.191 e. The topological polar surface area (TPSA) is 52.1 Å². The van der Waals surface area contributed by atoms with Gasteiger partial charge < -0.3 is 25.2 Å². The molecule has 0 bridgehead atoms. The second-order valence-electron chi connectivity index (χ2n) is 6.59. The van der Waals surface area contributed by atoms with Gasteiger partial charge in [-0.3, -0.25) is 4.99 Å². The van der Waals surface area contributed by atoms with Crippen LogP contribution in [-0.4, -0.2) is 88.9 Å². The van der Waals surface area contributed by atoms with Crippen LogP contribution in [0.25, 0.3) is 0 Å². The van der Waals surface area contributed by atoms with E-state index in [9.17, 15) is 0 Å². The van der Waals surface area contributed by atoms with E-state index in [-0.39, 0.29) is 24.0 Å². The lowest BCUT2D eigenvalue weighted by atomic mass is 10.3. The van der Waals surface area contributed by atoms with Gasteiger partial charge in [0.1, 0.15) is 0 Å². The van der Waals surface area contributed by atoms with Crippen molar-refractivity contribution >= 4 is 29.9 Å². The lowest BCUT2D eigenvalue weighted by Crippen LogP contribution is -2.41. The first kappa shape index (κ1) is 24.9. The quantitative estimate of drug-likeness (QED) is 0.187. The van der Waals surface area contributed by atoms with Gasteiger partial charge in [-0.2, -0.15) is 0 Å². The molecule has 0 spiro atoms. The van der Waals surface area contributed by atoms with Crippen molar-refractivity contribution in [2.24, 2.45) is 4.99 Å². The fourth-order valence-electron chi connectivity index (χ4n) is 2.94. The van der Waals surface area contributed by atoms with Crippen molar-refractivity contribution in [2.45, 2.75) is 39.0 Å². The van der Waals surface area contributed by atoms with Gasteiger partial charge in [0.2, 0.25) is 0 Å². The molecule has 25 heavy (non-hydrogen) atoms. The summed E-state index contributed by atoms with van der Waals surface area (Å²) in [6.45, 7) is 11.6. The largest absolute Gasteiger partial charge is 0.385 e. The number of nitrogens with one attached hydrogen (secondary N) is 2. The van der Waals surface area contributed by atoms with E-state index in [1.165, 1.54) is 45.3 Å². The highest BCUT2D eigenvalue weighted by Gasteiger charge is 2.09. The molecule has 0 aromatic rings. The van der Waals surface area contributed by atoms with Crippen LogP contribution in [0.5, 0.6) is 0 Å². The van der Waals surface area contributed by atoms with E-state index in [4.69, 9.17) is 4.74 Å². The van der Waals surface area contributed by atoms with E-state index in [1.807, 2.05) is 0 Å². The number of nitrogens with zero attached hydrogens (tertiary/aromatic N) is 3. The third-order valence-electron chi connectivity index (χ3n) is 4.37. The highest BCUT2D eigenvalue weighted by atomic mass is 127. The Morgan fingerprint density at radius 3 is 2.56 bits per heavy atom. The molecule has 6 nitrogen and oxygen atoms in total. The maximum atomic E-state index is 5.09. The second kappa shape index (κ2) is 17.3. The normalized spacial score (nSPS) is 15.4. The molecule has 0 amide bonds. The molecule has 1 fully saturated rings. The van der Waals surface area contributed by atoms with Crippen molar-refractivity contribution in [3.63, 3.8) is 0 Å². The molecule has 2 N–H and O–H groups in total. The Morgan fingerprint density at radius 1 is 1.12 bits per heavy atom. The van der Waals surface area contributed by atoms with Gasteiger partial charge in [-0.15, -0.1) is 24.0 Å². The minimum atomic E-state index is 0. The summed E-state index contributed by atoms with van der Waals surface area (Å²) in [5.41, 5.74) is 0. The average Bonchev–Trinajstić information content (AvgIpc) is 3.08. The molecule has 1 saturated heterocycles. The van der Waals surface area contributed by atoms with Crippen LogP contribution in [0.4, 0.5) is 0 Å². The lowest BCUT2D eigenvalue weighted by molar-refractivity contribution is 0.180. The molecular formula is C18H40IN5O. The van der Waals surface area contributed by atoms with Gasteiger partial charge in [0, 0.05) is 46.4 Å². The van der Waals surface area contributed by atoms with E-state index in [0.717, 1.165) is 51.7 Å². The van der Waals surface area contributed by atoms with E-state index < -0.39 is 0 Å². The zero-order chi connectivity index (χ0) is 17.5. The summed E-state index contributed by atoms with van der Waals surface area (Å²) in [4.78, 5) is 9.59. The highest BCUT2D eigenvalue weighted by Crippen LogP contribution is 2.08. The number of hydrogen-bond donors (Lipinski definition) is 2. The number of halogens is 1. The van der Waals surface area contributed by atoms with Crippen LogP contribution in [0.15, 0.2) is 4.99 Å². The van der Waals surface area contributed by atoms with Gasteiger partial charge in [-0.1, -0.05) is 0 Å². The summed E-state index contributed by atoms with van der Waals surface area (Å²) in [5.74, 6) is 0.948. The fourth-order valence-corrected chi connectivity index (χ4v) is 2.94. The van der Waals surface area contributed by atoms with Crippen LogP contribution in [0.3, 0.4) is 0 Å². The van der Waals surface area contributed by atoms with E-state index >= 15 is 0 Å². The van der Waals surface area contributed by atoms with E-state index in [0.29, 0.717) is 0 Å². The number of unbranched alkanes of at least 4 members (excludes halogenated alkanes) is 1. The van der Waals surface area contributed by atoms with Gasteiger partial charge in [-0.25, -0.2) is 0 Å². The zero-order valence-electron chi connectivity index (χ0n) is 16.6. The molecule has 0 radical (unpaired) electrons. The lowest BCUT2D eigenvalue weighted by Gasteiger charge is -2.18. The Kier molecular flexibility index (Phi) is 17.2. The number of likely N-dealkylation sites (tertiary alicyclic amines) is 1. The standard InChI is InChI=1S/C18H39N5O.HI/c1-4-19-18(21-11-16-22(2)12-9-17-24-3)20-10-5-6-13-23-14-7-8-15-23;/h4-17H2,1-3H3,(H2,19,20,21);1H.